The number of rotatable bonds is 5. The predicted molar refractivity (Wildman–Crippen MR) is 114 cm³/mol. The highest BCUT2D eigenvalue weighted by atomic mass is 16.1. The fraction of sp³-hybridized carbons (Fsp3) is 0.136. The first-order valence-electron chi connectivity index (χ1n) is 9.37. The van der Waals surface area contributed by atoms with Crippen LogP contribution >= 0.6 is 0 Å². The second-order valence-electron chi connectivity index (χ2n) is 6.97. The maximum absolute atomic E-state index is 11.8. The van der Waals surface area contributed by atoms with E-state index < -0.39 is 5.91 Å². The number of nitrogens with zero attached hydrogens (tertiary/aromatic N) is 4. The lowest BCUT2D eigenvalue weighted by Crippen LogP contribution is -2.14. The van der Waals surface area contributed by atoms with E-state index in [1.54, 1.807) is 18.5 Å². The van der Waals surface area contributed by atoms with Crippen LogP contribution in [0.2, 0.25) is 0 Å². The number of aryl methyl sites for hydroxylation is 1. The number of carbonyl (C=O) groups excluding carboxylic acids is 2. The molecule has 4 heterocycles. The highest BCUT2D eigenvalue weighted by Gasteiger charge is 2.17. The maximum Gasteiger partial charge on any atom is 0.223 e. The van der Waals surface area contributed by atoms with E-state index in [1.807, 2.05) is 47.9 Å². The van der Waals surface area contributed by atoms with Gasteiger partial charge in [-0.2, -0.15) is 0 Å². The Balaban J connectivity index is 1.96. The minimum Gasteiger partial charge on any atom is -0.369 e. The Morgan fingerprint density at radius 1 is 1.13 bits per heavy atom. The van der Waals surface area contributed by atoms with Gasteiger partial charge in [-0.1, -0.05) is 6.07 Å². The molecule has 8 heteroatoms. The van der Waals surface area contributed by atoms with Gasteiger partial charge in [0.15, 0.2) is 0 Å². The number of amides is 2. The van der Waals surface area contributed by atoms with Crippen molar-refractivity contribution in [2.45, 2.75) is 20.3 Å². The lowest BCUT2D eigenvalue weighted by molar-refractivity contribution is -0.117. The summed E-state index contributed by atoms with van der Waals surface area (Å²) in [5.74, 6) is -0.629. The van der Waals surface area contributed by atoms with Gasteiger partial charge in [0.2, 0.25) is 11.8 Å². The number of nitrogens with two attached hydrogens (primary N) is 1. The van der Waals surface area contributed by atoms with Crippen LogP contribution in [-0.4, -0.2) is 31.2 Å². The van der Waals surface area contributed by atoms with Crippen LogP contribution in [0.25, 0.3) is 28.2 Å². The van der Waals surface area contributed by atoms with Gasteiger partial charge in [0.1, 0.15) is 5.65 Å². The molecule has 8 nitrogen and oxygen atoms in total. The lowest BCUT2D eigenvalue weighted by Gasteiger charge is -2.15. The summed E-state index contributed by atoms with van der Waals surface area (Å²) in [6, 6.07) is 11.2. The smallest absolute Gasteiger partial charge is 0.223 e. The van der Waals surface area contributed by atoms with Crippen molar-refractivity contribution in [1.29, 1.82) is 0 Å². The predicted octanol–water partition coefficient (Wildman–Crippen LogP) is 2.75. The molecule has 3 N–H and O–H groups in total. The van der Waals surface area contributed by atoms with Crippen LogP contribution in [-0.2, 0) is 16.0 Å². The zero-order chi connectivity index (χ0) is 21.3. The summed E-state index contributed by atoms with van der Waals surface area (Å²) in [4.78, 5) is 36.7. The molecule has 0 aliphatic rings. The van der Waals surface area contributed by atoms with Crippen molar-refractivity contribution in [3.05, 3.63) is 66.4 Å². The topological polar surface area (TPSA) is 115 Å². The van der Waals surface area contributed by atoms with Crippen LogP contribution < -0.4 is 11.1 Å². The fourth-order valence-electron chi connectivity index (χ4n) is 3.41. The molecule has 150 valence electrons. The zero-order valence-electron chi connectivity index (χ0n) is 16.6. The van der Waals surface area contributed by atoms with Crippen LogP contribution in [0, 0.1) is 6.92 Å². The molecule has 0 spiro atoms. The molecule has 0 bridgehead atoms. The van der Waals surface area contributed by atoms with Gasteiger partial charge in [-0.25, -0.2) is 4.98 Å². The first-order chi connectivity index (χ1) is 14.4. The summed E-state index contributed by atoms with van der Waals surface area (Å²) >= 11 is 0. The van der Waals surface area contributed by atoms with Gasteiger partial charge >= 0.3 is 0 Å². The molecule has 0 aromatic carbocycles. The number of imidazole rings is 1. The van der Waals surface area contributed by atoms with Gasteiger partial charge < -0.3 is 15.5 Å². The van der Waals surface area contributed by atoms with Crippen LogP contribution in [0.3, 0.4) is 0 Å². The molecule has 30 heavy (non-hydrogen) atoms. The molecule has 4 aromatic rings. The molecule has 0 radical (unpaired) electrons. The Morgan fingerprint density at radius 2 is 1.97 bits per heavy atom. The zero-order valence-corrected chi connectivity index (χ0v) is 16.6. The molecule has 0 fully saturated rings. The number of primary amides is 1. The molecule has 0 aliphatic carbocycles. The van der Waals surface area contributed by atoms with Crippen molar-refractivity contribution in [2.75, 3.05) is 5.32 Å². The van der Waals surface area contributed by atoms with E-state index in [4.69, 9.17) is 5.73 Å². The van der Waals surface area contributed by atoms with Gasteiger partial charge in [-0.3, -0.25) is 19.6 Å². The highest BCUT2D eigenvalue weighted by Crippen LogP contribution is 2.36. The first-order valence-corrected chi connectivity index (χ1v) is 9.37. The molecular weight excluding hydrogens is 380 g/mol. The number of nitrogens with one attached hydrogen (secondary N) is 1. The van der Waals surface area contributed by atoms with E-state index in [0.29, 0.717) is 28.4 Å². The standard InChI is InChI=1S/C22H20N6O2/c1-13-4-3-5-18(26-13)22-21(17(8-9-24-22)27-14(2)29)15-6-7-20-25-11-16(10-19(23)30)28(20)12-15/h3-9,11-12H,10H2,1-2H3,(H2,23,30)(H,24,27,29). The minimum atomic E-state index is -0.438. The Labute approximate surface area is 172 Å². The molecule has 0 aliphatic heterocycles. The summed E-state index contributed by atoms with van der Waals surface area (Å²) in [5.41, 5.74) is 11.1. The van der Waals surface area contributed by atoms with Gasteiger partial charge in [-0.15, -0.1) is 0 Å². The van der Waals surface area contributed by atoms with E-state index in [2.05, 4.69) is 20.3 Å². The van der Waals surface area contributed by atoms with Crippen LogP contribution in [0.5, 0.6) is 0 Å². The SMILES string of the molecule is CC(=O)Nc1ccnc(-c2cccc(C)n2)c1-c1ccc2ncc(CC(N)=O)n2c1. The summed E-state index contributed by atoms with van der Waals surface area (Å²) < 4.78 is 1.82. The van der Waals surface area contributed by atoms with Gasteiger partial charge in [0, 0.05) is 42.3 Å². The molecule has 2 amide bonds. The second-order valence-corrected chi connectivity index (χ2v) is 6.97. The third-order valence-corrected chi connectivity index (χ3v) is 4.62. The van der Waals surface area contributed by atoms with Gasteiger partial charge in [-0.05, 0) is 37.3 Å². The van der Waals surface area contributed by atoms with E-state index in [-0.39, 0.29) is 12.3 Å². The Bertz CT molecular complexity index is 1280. The third-order valence-electron chi connectivity index (χ3n) is 4.62. The molecule has 0 saturated carbocycles. The molecular formula is C22H20N6O2. The Kier molecular flexibility index (Phi) is 4.97. The number of fused-ring (bicyclic) bond motifs is 1. The number of carbonyl (C=O) groups is 2. The number of pyridine rings is 3. The quantitative estimate of drug-likeness (QED) is 0.534. The number of hydrogen-bond donors (Lipinski definition) is 2. The highest BCUT2D eigenvalue weighted by molar-refractivity contribution is 5.97. The molecule has 0 unspecified atom stereocenters. The van der Waals surface area contributed by atoms with Crippen molar-refractivity contribution >= 4 is 23.1 Å². The van der Waals surface area contributed by atoms with E-state index in [0.717, 1.165) is 16.8 Å². The average molecular weight is 400 g/mol. The monoisotopic (exact) mass is 400 g/mol. The van der Waals surface area contributed by atoms with Crippen molar-refractivity contribution in [3.8, 4) is 22.5 Å². The largest absolute Gasteiger partial charge is 0.369 e. The van der Waals surface area contributed by atoms with E-state index >= 15 is 0 Å². The number of anilines is 1. The summed E-state index contributed by atoms with van der Waals surface area (Å²) in [5, 5.41) is 2.88. The summed E-state index contributed by atoms with van der Waals surface area (Å²) in [7, 11) is 0. The van der Waals surface area contributed by atoms with E-state index in [1.165, 1.54) is 6.92 Å². The molecule has 0 atom stereocenters. The van der Waals surface area contributed by atoms with Crippen molar-refractivity contribution in [2.24, 2.45) is 5.73 Å². The molecule has 4 aromatic heterocycles. The Morgan fingerprint density at radius 3 is 2.70 bits per heavy atom. The maximum atomic E-state index is 11.8. The van der Waals surface area contributed by atoms with Crippen LogP contribution in [0.4, 0.5) is 5.69 Å². The fourth-order valence-corrected chi connectivity index (χ4v) is 3.41. The second kappa shape index (κ2) is 7.75. The van der Waals surface area contributed by atoms with Crippen LogP contribution in [0.1, 0.15) is 18.3 Å². The average Bonchev–Trinajstić information content (AvgIpc) is 3.09. The normalized spacial score (nSPS) is 10.9. The van der Waals surface area contributed by atoms with Crippen molar-refractivity contribution in [1.82, 2.24) is 19.4 Å². The van der Waals surface area contributed by atoms with E-state index in [9.17, 15) is 9.59 Å². The summed E-state index contributed by atoms with van der Waals surface area (Å²) in [6.45, 7) is 3.37. The minimum absolute atomic E-state index is 0.0719. The Hall–Kier alpha value is -4.07. The van der Waals surface area contributed by atoms with Crippen molar-refractivity contribution < 1.29 is 9.59 Å². The third kappa shape index (κ3) is 3.75. The number of aromatic nitrogens is 4. The summed E-state index contributed by atoms with van der Waals surface area (Å²) in [6.07, 6.45) is 5.21. The molecule has 4 rings (SSSR count). The number of hydrogen-bond acceptors (Lipinski definition) is 5. The lowest BCUT2D eigenvalue weighted by atomic mass is 10.0. The van der Waals surface area contributed by atoms with Crippen LogP contribution in [0.15, 0.2) is 55.0 Å². The first kappa shape index (κ1) is 19.3. The van der Waals surface area contributed by atoms with Gasteiger partial charge in [0.05, 0.1) is 29.2 Å². The van der Waals surface area contributed by atoms with Crippen molar-refractivity contribution in [3.63, 3.8) is 0 Å². The molecule has 0 saturated heterocycles. The van der Waals surface area contributed by atoms with Gasteiger partial charge in [0.25, 0.3) is 0 Å².